The van der Waals surface area contributed by atoms with Crippen molar-refractivity contribution < 1.29 is 4.79 Å². The third kappa shape index (κ3) is 4.08. The van der Waals surface area contributed by atoms with E-state index in [4.69, 9.17) is 10.2 Å². The van der Waals surface area contributed by atoms with Gasteiger partial charge in [0.05, 0.1) is 34.6 Å². The number of carbonyl (C=O) groups is 1. The minimum atomic E-state index is -0.313. The highest BCUT2D eigenvalue weighted by molar-refractivity contribution is 6.07. The molecule has 4 aromatic rings. The number of aromatic nitrogens is 1. The Labute approximate surface area is 174 Å². The number of fused-ring (bicyclic) bond motifs is 1. The molecular weight excluding hydrogens is 372 g/mol. The van der Waals surface area contributed by atoms with E-state index in [2.05, 4.69) is 16.6 Å². The van der Waals surface area contributed by atoms with Crippen LogP contribution >= 0.6 is 0 Å². The molecule has 0 aliphatic rings. The van der Waals surface area contributed by atoms with Crippen LogP contribution in [0.1, 0.15) is 27.0 Å². The summed E-state index contributed by atoms with van der Waals surface area (Å²) < 4.78 is 0. The summed E-state index contributed by atoms with van der Waals surface area (Å²) in [5, 5.41) is 13.7. The Morgan fingerprint density at radius 3 is 2.50 bits per heavy atom. The van der Waals surface area contributed by atoms with Gasteiger partial charge in [0.15, 0.2) is 0 Å². The van der Waals surface area contributed by atoms with Crippen LogP contribution < -0.4 is 5.43 Å². The highest BCUT2D eigenvalue weighted by Crippen LogP contribution is 2.25. The molecule has 0 unspecified atom stereocenters. The second kappa shape index (κ2) is 8.38. The van der Waals surface area contributed by atoms with E-state index in [0.29, 0.717) is 11.1 Å². The van der Waals surface area contributed by atoms with Crippen molar-refractivity contribution in [1.29, 1.82) is 5.26 Å². The number of benzene rings is 3. The van der Waals surface area contributed by atoms with Gasteiger partial charge in [0, 0.05) is 10.9 Å². The second-order valence-corrected chi connectivity index (χ2v) is 6.87. The van der Waals surface area contributed by atoms with Crippen LogP contribution in [0.2, 0.25) is 0 Å². The number of aryl methyl sites for hydroxylation is 1. The van der Waals surface area contributed by atoms with Crippen molar-refractivity contribution in [3.63, 3.8) is 0 Å². The van der Waals surface area contributed by atoms with Gasteiger partial charge >= 0.3 is 0 Å². The molecule has 1 N–H and O–H groups in total. The quantitative estimate of drug-likeness (QED) is 0.400. The van der Waals surface area contributed by atoms with Crippen molar-refractivity contribution in [2.45, 2.75) is 6.92 Å². The second-order valence-electron chi connectivity index (χ2n) is 6.87. The normalized spacial score (nSPS) is 10.8. The molecule has 1 heterocycles. The van der Waals surface area contributed by atoms with Crippen LogP contribution in [0.4, 0.5) is 0 Å². The van der Waals surface area contributed by atoms with Gasteiger partial charge in [-0.15, -0.1) is 0 Å². The zero-order valence-corrected chi connectivity index (χ0v) is 16.3. The predicted octanol–water partition coefficient (Wildman–Crippen LogP) is 4.85. The molecule has 0 atom stereocenters. The molecule has 0 fully saturated rings. The summed E-state index contributed by atoms with van der Waals surface area (Å²) >= 11 is 0. The van der Waals surface area contributed by atoms with Crippen LogP contribution in [0.25, 0.3) is 22.2 Å². The van der Waals surface area contributed by atoms with Crippen molar-refractivity contribution in [3.8, 4) is 17.3 Å². The monoisotopic (exact) mass is 390 g/mol. The van der Waals surface area contributed by atoms with Crippen molar-refractivity contribution in [2.75, 3.05) is 0 Å². The first kappa shape index (κ1) is 19.0. The Morgan fingerprint density at radius 2 is 1.77 bits per heavy atom. The van der Waals surface area contributed by atoms with E-state index in [1.165, 1.54) is 0 Å². The smallest absolute Gasteiger partial charge is 0.267 e. The maximum atomic E-state index is 12.9. The minimum absolute atomic E-state index is 0.313. The Kier molecular flexibility index (Phi) is 5.31. The first-order valence-electron chi connectivity index (χ1n) is 9.44. The van der Waals surface area contributed by atoms with E-state index in [9.17, 15) is 4.79 Å². The molecule has 5 nitrogen and oxygen atoms in total. The highest BCUT2D eigenvalue weighted by atomic mass is 16.2. The number of hydrazone groups is 1. The van der Waals surface area contributed by atoms with E-state index in [1.54, 1.807) is 36.5 Å². The molecule has 0 aliphatic heterocycles. The number of rotatable bonds is 4. The molecule has 0 bridgehead atoms. The molecule has 0 saturated heterocycles. The maximum Gasteiger partial charge on any atom is 0.272 e. The summed E-state index contributed by atoms with van der Waals surface area (Å²) in [4.78, 5) is 17.6. The van der Waals surface area contributed by atoms with Crippen molar-refractivity contribution in [2.24, 2.45) is 5.10 Å². The molecule has 144 valence electrons. The Morgan fingerprint density at radius 1 is 1.03 bits per heavy atom. The van der Waals surface area contributed by atoms with Gasteiger partial charge in [-0.3, -0.25) is 4.79 Å². The Bertz CT molecular complexity index is 1280. The number of carbonyl (C=O) groups excluding carboxylic acids is 1. The third-order valence-electron chi connectivity index (χ3n) is 4.73. The summed E-state index contributed by atoms with van der Waals surface area (Å²) in [6.45, 7) is 2.03. The van der Waals surface area contributed by atoms with E-state index >= 15 is 0 Å². The topological polar surface area (TPSA) is 78.1 Å². The lowest BCUT2D eigenvalue weighted by Crippen LogP contribution is -2.18. The van der Waals surface area contributed by atoms with Gasteiger partial charge in [0.2, 0.25) is 0 Å². The van der Waals surface area contributed by atoms with Crippen LogP contribution in [0.5, 0.6) is 0 Å². The SMILES string of the molecule is Cc1ccc(-c2cc(C(=O)N/N=C\c3ccc(C#N)cc3)c3ccccc3n2)cc1. The van der Waals surface area contributed by atoms with E-state index < -0.39 is 0 Å². The van der Waals surface area contributed by atoms with Crippen LogP contribution in [-0.2, 0) is 0 Å². The van der Waals surface area contributed by atoms with E-state index in [1.807, 2.05) is 55.5 Å². The third-order valence-corrected chi connectivity index (χ3v) is 4.73. The minimum Gasteiger partial charge on any atom is -0.267 e. The summed E-state index contributed by atoms with van der Waals surface area (Å²) in [7, 11) is 0. The largest absolute Gasteiger partial charge is 0.272 e. The molecule has 0 aliphatic carbocycles. The number of nitrogens with zero attached hydrogens (tertiary/aromatic N) is 3. The zero-order valence-electron chi connectivity index (χ0n) is 16.3. The molecule has 0 saturated carbocycles. The molecule has 5 heteroatoms. The Hall–Kier alpha value is -4.30. The van der Waals surface area contributed by atoms with Gasteiger partial charge in [-0.25, -0.2) is 10.4 Å². The number of hydrogen-bond acceptors (Lipinski definition) is 4. The first-order valence-corrected chi connectivity index (χ1v) is 9.44. The lowest BCUT2D eigenvalue weighted by atomic mass is 10.0. The maximum absolute atomic E-state index is 12.9. The molecular formula is C25H18N4O. The number of nitriles is 1. The van der Waals surface area contributed by atoms with Crippen molar-refractivity contribution in [1.82, 2.24) is 10.4 Å². The molecule has 0 spiro atoms. The summed E-state index contributed by atoms with van der Waals surface area (Å²) in [6.07, 6.45) is 1.54. The molecule has 30 heavy (non-hydrogen) atoms. The summed E-state index contributed by atoms with van der Waals surface area (Å²) in [6, 6.07) is 26.4. The molecule has 1 aromatic heterocycles. The first-order chi connectivity index (χ1) is 14.6. The van der Waals surface area contributed by atoms with Gasteiger partial charge in [-0.1, -0.05) is 60.2 Å². The number of amides is 1. The number of pyridine rings is 1. The predicted molar refractivity (Wildman–Crippen MR) is 118 cm³/mol. The average Bonchev–Trinajstić information content (AvgIpc) is 2.79. The van der Waals surface area contributed by atoms with Crippen molar-refractivity contribution in [3.05, 3.63) is 101 Å². The average molecular weight is 390 g/mol. The fourth-order valence-corrected chi connectivity index (χ4v) is 3.10. The summed E-state index contributed by atoms with van der Waals surface area (Å²) in [5.41, 5.74) is 8.05. The number of nitrogens with one attached hydrogen (secondary N) is 1. The van der Waals surface area contributed by atoms with Gasteiger partial charge in [-0.05, 0) is 36.8 Å². The van der Waals surface area contributed by atoms with E-state index in [-0.39, 0.29) is 5.91 Å². The molecule has 3 aromatic carbocycles. The van der Waals surface area contributed by atoms with E-state index in [0.717, 1.165) is 33.3 Å². The molecule has 0 radical (unpaired) electrons. The standard InChI is InChI=1S/C25H18N4O/c1-17-6-12-20(13-7-17)24-14-22(21-4-2-3-5-23(21)28-24)25(30)29-27-16-19-10-8-18(15-26)9-11-19/h2-14,16H,1H3,(H,29,30)/b27-16-. The fraction of sp³-hybridized carbons (Fsp3) is 0.0400. The highest BCUT2D eigenvalue weighted by Gasteiger charge is 2.13. The summed E-state index contributed by atoms with van der Waals surface area (Å²) in [5.74, 6) is -0.313. The molecule has 4 rings (SSSR count). The van der Waals surface area contributed by atoms with Gasteiger partial charge in [0.1, 0.15) is 0 Å². The van der Waals surface area contributed by atoms with Crippen LogP contribution in [0.3, 0.4) is 0 Å². The number of hydrogen-bond donors (Lipinski definition) is 1. The zero-order chi connectivity index (χ0) is 20.9. The van der Waals surface area contributed by atoms with Gasteiger partial charge < -0.3 is 0 Å². The van der Waals surface area contributed by atoms with Crippen LogP contribution in [0.15, 0.2) is 84.0 Å². The van der Waals surface area contributed by atoms with Crippen LogP contribution in [0, 0.1) is 18.3 Å². The fourth-order valence-electron chi connectivity index (χ4n) is 3.10. The van der Waals surface area contributed by atoms with Gasteiger partial charge in [0.25, 0.3) is 5.91 Å². The van der Waals surface area contributed by atoms with Crippen molar-refractivity contribution >= 4 is 23.0 Å². The lowest BCUT2D eigenvalue weighted by Gasteiger charge is -2.09. The number of para-hydroxylation sites is 1. The lowest BCUT2D eigenvalue weighted by molar-refractivity contribution is 0.0956. The van der Waals surface area contributed by atoms with Gasteiger partial charge in [-0.2, -0.15) is 10.4 Å². The van der Waals surface area contributed by atoms with Crippen LogP contribution in [-0.4, -0.2) is 17.1 Å². The Balaban J connectivity index is 1.64. The molecule has 1 amide bonds.